The Balaban J connectivity index is 2.35. The zero-order valence-corrected chi connectivity index (χ0v) is 10.8. The normalized spacial score (nSPS) is 14.4. The fraction of sp³-hybridized carbons (Fsp3) is 0.583. The van der Waals surface area contributed by atoms with E-state index < -0.39 is 5.41 Å². The molecule has 1 heterocycles. The maximum Gasteiger partial charge on any atom is 0.227 e. The molecule has 3 nitrogen and oxygen atoms in total. The molecule has 0 aromatic carbocycles. The quantitative estimate of drug-likeness (QED) is 0.796. The van der Waals surface area contributed by atoms with Crippen LogP contribution >= 0.6 is 11.3 Å². The molecule has 0 spiro atoms. The summed E-state index contributed by atoms with van der Waals surface area (Å²) in [5, 5.41) is 7.10. The van der Waals surface area contributed by atoms with E-state index in [0.717, 1.165) is 12.8 Å². The molecule has 0 aliphatic carbocycles. The Hall–Kier alpha value is -0.870. The topological polar surface area (TPSA) is 55.1 Å². The lowest BCUT2D eigenvalue weighted by Crippen LogP contribution is -2.44. The lowest BCUT2D eigenvalue weighted by atomic mass is 9.86. The highest BCUT2D eigenvalue weighted by Crippen LogP contribution is 2.18. The second kappa shape index (κ2) is 6.01. The third-order valence-corrected chi connectivity index (χ3v) is 3.79. The third kappa shape index (κ3) is 3.32. The summed E-state index contributed by atoms with van der Waals surface area (Å²) in [7, 11) is 0. The molecule has 3 N–H and O–H groups in total. The molecule has 90 valence electrons. The molecule has 0 fully saturated rings. The van der Waals surface area contributed by atoms with Crippen molar-refractivity contribution in [1.82, 2.24) is 5.32 Å². The van der Waals surface area contributed by atoms with Gasteiger partial charge in [0, 0.05) is 13.1 Å². The minimum Gasteiger partial charge on any atom is -0.355 e. The lowest BCUT2D eigenvalue weighted by Gasteiger charge is -2.24. The van der Waals surface area contributed by atoms with E-state index in [1.165, 1.54) is 5.56 Å². The van der Waals surface area contributed by atoms with Gasteiger partial charge in [0.25, 0.3) is 0 Å². The summed E-state index contributed by atoms with van der Waals surface area (Å²) in [6, 6.07) is 2.08. The number of hydrogen-bond acceptors (Lipinski definition) is 3. The van der Waals surface area contributed by atoms with Crippen molar-refractivity contribution >= 4 is 17.2 Å². The molecule has 4 heteroatoms. The van der Waals surface area contributed by atoms with Gasteiger partial charge in [-0.05, 0) is 42.2 Å². The molecule has 0 aliphatic heterocycles. The first kappa shape index (κ1) is 13.2. The smallest absolute Gasteiger partial charge is 0.227 e. The van der Waals surface area contributed by atoms with Gasteiger partial charge in [-0.2, -0.15) is 11.3 Å². The van der Waals surface area contributed by atoms with Crippen LogP contribution in [0.1, 0.15) is 25.8 Å². The first-order valence-electron chi connectivity index (χ1n) is 5.62. The Kier molecular flexibility index (Phi) is 4.96. The molecule has 1 rings (SSSR count). The van der Waals surface area contributed by atoms with Gasteiger partial charge in [0.05, 0.1) is 5.41 Å². The van der Waals surface area contributed by atoms with E-state index in [1.807, 2.05) is 19.2 Å². The summed E-state index contributed by atoms with van der Waals surface area (Å²) in [6.07, 6.45) is 1.66. The van der Waals surface area contributed by atoms with E-state index in [4.69, 9.17) is 5.73 Å². The fourth-order valence-corrected chi connectivity index (χ4v) is 2.07. The molecule has 1 aromatic heterocycles. The summed E-state index contributed by atoms with van der Waals surface area (Å²) >= 11 is 1.68. The maximum absolute atomic E-state index is 11.9. The summed E-state index contributed by atoms with van der Waals surface area (Å²) in [4.78, 5) is 11.9. The van der Waals surface area contributed by atoms with E-state index in [0.29, 0.717) is 13.1 Å². The summed E-state index contributed by atoms with van der Waals surface area (Å²) < 4.78 is 0. The van der Waals surface area contributed by atoms with Gasteiger partial charge >= 0.3 is 0 Å². The van der Waals surface area contributed by atoms with Crippen molar-refractivity contribution in [3.05, 3.63) is 22.4 Å². The minimum absolute atomic E-state index is 0.0627. The van der Waals surface area contributed by atoms with Gasteiger partial charge in [-0.3, -0.25) is 4.79 Å². The summed E-state index contributed by atoms with van der Waals surface area (Å²) in [6.45, 7) is 4.98. The number of hydrogen-bond donors (Lipinski definition) is 2. The van der Waals surface area contributed by atoms with Crippen molar-refractivity contribution in [2.75, 3.05) is 13.1 Å². The van der Waals surface area contributed by atoms with Crippen LogP contribution in [0, 0.1) is 5.41 Å². The Bertz CT molecular complexity index is 318. The van der Waals surface area contributed by atoms with Crippen LogP contribution < -0.4 is 11.1 Å². The van der Waals surface area contributed by atoms with Gasteiger partial charge in [-0.15, -0.1) is 0 Å². The second-order valence-corrected chi connectivity index (χ2v) is 5.04. The second-order valence-electron chi connectivity index (χ2n) is 4.26. The largest absolute Gasteiger partial charge is 0.355 e. The third-order valence-electron chi connectivity index (χ3n) is 3.06. The van der Waals surface area contributed by atoms with Crippen LogP contribution in [0.15, 0.2) is 16.8 Å². The van der Waals surface area contributed by atoms with Crippen LogP contribution in [-0.2, 0) is 11.2 Å². The number of thiophene rings is 1. The molecule has 1 unspecified atom stereocenters. The Morgan fingerprint density at radius 2 is 2.38 bits per heavy atom. The van der Waals surface area contributed by atoms with Gasteiger partial charge in [0.15, 0.2) is 0 Å². The molecule has 1 aromatic rings. The predicted octanol–water partition coefficient (Wildman–Crippen LogP) is 1.78. The molecular formula is C12H20N2OS. The molecule has 16 heavy (non-hydrogen) atoms. The van der Waals surface area contributed by atoms with Gasteiger partial charge in [0.2, 0.25) is 5.91 Å². The van der Waals surface area contributed by atoms with Crippen LogP contribution in [0.5, 0.6) is 0 Å². The Morgan fingerprint density at radius 1 is 1.62 bits per heavy atom. The zero-order valence-electron chi connectivity index (χ0n) is 9.95. The monoisotopic (exact) mass is 240 g/mol. The molecular weight excluding hydrogens is 220 g/mol. The Labute approximate surface area is 101 Å². The standard InChI is InChI=1S/C12H20N2OS/c1-3-12(2,9-13)11(15)14-6-4-10-5-7-16-8-10/h5,7-8H,3-4,6,9,13H2,1-2H3,(H,14,15). The van der Waals surface area contributed by atoms with Gasteiger partial charge in [-0.1, -0.05) is 6.92 Å². The first-order valence-corrected chi connectivity index (χ1v) is 6.56. The highest BCUT2D eigenvalue weighted by molar-refractivity contribution is 7.07. The number of amides is 1. The van der Waals surface area contributed by atoms with Crippen molar-refractivity contribution in [2.24, 2.45) is 11.1 Å². The molecule has 0 saturated heterocycles. The highest BCUT2D eigenvalue weighted by atomic mass is 32.1. The summed E-state index contributed by atoms with van der Waals surface area (Å²) in [5.41, 5.74) is 6.48. The van der Waals surface area contributed by atoms with Gasteiger partial charge in [0.1, 0.15) is 0 Å². The van der Waals surface area contributed by atoms with Crippen molar-refractivity contribution in [3.63, 3.8) is 0 Å². The number of nitrogens with two attached hydrogens (primary N) is 1. The molecule has 1 amide bonds. The molecule has 0 aliphatic rings. The average Bonchev–Trinajstić information content (AvgIpc) is 2.80. The number of carbonyl (C=O) groups is 1. The number of carbonyl (C=O) groups excluding carboxylic acids is 1. The molecule has 0 saturated carbocycles. The van der Waals surface area contributed by atoms with Crippen LogP contribution in [0.2, 0.25) is 0 Å². The van der Waals surface area contributed by atoms with Crippen LogP contribution in [0.3, 0.4) is 0 Å². The van der Waals surface area contributed by atoms with Crippen LogP contribution in [0.25, 0.3) is 0 Å². The lowest BCUT2D eigenvalue weighted by molar-refractivity contribution is -0.129. The first-order chi connectivity index (χ1) is 7.62. The minimum atomic E-state index is -0.422. The van der Waals surface area contributed by atoms with E-state index in [9.17, 15) is 4.79 Å². The molecule has 0 radical (unpaired) electrons. The van der Waals surface area contributed by atoms with E-state index >= 15 is 0 Å². The fourth-order valence-electron chi connectivity index (χ4n) is 1.37. The SMILES string of the molecule is CCC(C)(CN)C(=O)NCCc1ccsc1. The van der Waals surface area contributed by atoms with Crippen LogP contribution in [-0.4, -0.2) is 19.0 Å². The Morgan fingerprint density at radius 3 is 2.88 bits per heavy atom. The maximum atomic E-state index is 11.9. The number of rotatable bonds is 6. The molecule has 1 atom stereocenters. The van der Waals surface area contributed by atoms with Crippen molar-refractivity contribution in [2.45, 2.75) is 26.7 Å². The highest BCUT2D eigenvalue weighted by Gasteiger charge is 2.28. The van der Waals surface area contributed by atoms with Crippen molar-refractivity contribution in [1.29, 1.82) is 0 Å². The van der Waals surface area contributed by atoms with Crippen LogP contribution in [0.4, 0.5) is 0 Å². The summed E-state index contributed by atoms with van der Waals surface area (Å²) in [5.74, 6) is 0.0627. The van der Waals surface area contributed by atoms with Gasteiger partial charge < -0.3 is 11.1 Å². The average molecular weight is 240 g/mol. The number of nitrogens with one attached hydrogen (secondary N) is 1. The van der Waals surface area contributed by atoms with Gasteiger partial charge in [-0.25, -0.2) is 0 Å². The van der Waals surface area contributed by atoms with E-state index in [1.54, 1.807) is 11.3 Å². The zero-order chi connectivity index (χ0) is 12.0. The molecule has 0 bridgehead atoms. The van der Waals surface area contributed by atoms with Crippen molar-refractivity contribution in [3.8, 4) is 0 Å². The van der Waals surface area contributed by atoms with Crippen molar-refractivity contribution < 1.29 is 4.79 Å². The predicted molar refractivity (Wildman–Crippen MR) is 68.5 cm³/mol. The van der Waals surface area contributed by atoms with E-state index in [2.05, 4.69) is 16.8 Å². The van der Waals surface area contributed by atoms with E-state index in [-0.39, 0.29) is 5.91 Å².